The molecule has 2 rings (SSSR count). The Morgan fingerprint density at radius 2 is 1.50 bits per heavy atom. The van der Waals surface area contributed by atoms with Crippen LogP contribution in [0.15, 0.2) is 46.6 Å². The van der Waals surface area contributed by atoms with Gasteiger partial charge in [-0.1, -0.05) is 20.8 Å². The molecule has 26 heavy (non-hydrogen) atoms. The number of hydrogen-bond donors (Lipinski definition) is 0. The Morgan fingerprint density at radius 1 is 0.846 bits per heavy atom. The van der Waals surface area contributed by atoms with Crippen LogP contribution in [0, 0.1) is 0 Å². The third-order valence-corrected chi connectivity index (χ3v) is 3.75. The van der Waals surface area contributed by atoms with Gasteiger partial charge in [-0.3, -0.25) is 0 Å². The summed E-state index contributed by atoms with van der Waals surface area (Å²) in [5.74, 6) is 2.10. The van der Waals surface area contributed by atoms with E-state index in [9.17, 15) is 0 Å². The number of nitrogens with zero attached hydrogens (tertiary/aromatic N) is 2. The van der Waals surface area contributed by atoms with Gasteiger partial charge in [-0.15, -0.1) is 5.11 Å². The van der Waals surface area contributed by atoms with E-state index < -0.39 is 0 Å². The van der Waals surface area contributed by atoms with Crippen molar-refractivity contribution in [1.29, 1.82) is 0 Å². The molecule has 6 heteroatoms. The molecular weight excluding hydrogens is 332 g/mol. The predicted molar refractivity (Wildman–Crippen MR) is 101 cm³/mol. The van der Waals surface area contributed by atoms with Crippen molar-refractivity contribution in [3.05, 3.63) is 42.0 Å². The molecule has 0 fully saturated rings. The van der Waals surface area contributed by atoms with E-state index in [1.807, 2.05) is 30.3 Å². The summed E-state index contributed by atoms with van der Waals surface area (Å²) in [6.07, 6.45) is 0. The van der Waals surface area contributed by atoms with Crippen LogP contribution in [-0.4, -0.2) is 28.1 Å². The van der Waals surface area contributed by atoms with Gasteiger partial charge in [0.15, 0.2) is 12.5 Å². The van der Waals surface area contributed by atoms with Crippen molar-refractivity contribution in [2.75, 3.05) is 28.1 Å². The van der Waals surface area contributed by atoms with Gasteiger partial charge in [-0.25, -0.2) is 0 Å². The normalized spacial score (nSPS) is 11.6. The van der Waals surface area contributed by atoms with Crippen LogP contribution in [-0.2, 0) is 10.2 Å². The third kappa shape index (κ3) is 4.95. The van der Waals surface area contributed by atoms with Crippen LogP contribution in [0.3, 0.4) is 0 Å². The van der Waals surface area contributed by atoms with E-state index >= 15 is 0 Å². The number of hydrogen-bond acceptors (Lipinski definition) is 6. The van der Waals surface area contributed by atoms with Gasteiger partial charge >= 0.3 is 0 Å². The van der Waals surface area contributed by atoms with Crippen LogP contribution in [0.5, 0.6) is 17.2 Å². The summed E-state index contributed by atoms with van der Waals surface area (Å²) >= 11 is 0. The summed E-state index contributed by atoms with van der Waals surface area (Å²) in [5, 5.41) is 8.70. The summed E-state index contributed by atoms with van der Waals surface area (Å²) < 4.78 is 21.5. The van der Waals surface area contributed by atoms with Crippen LogP contribution in [0.25, 0.3) is 0 Å². The van der Waals surface area contributed by atoms with E-state index in [1.165, 1.54) is 0 Å². The second-order valence-corrected chi connectivity index (χ2v) is 6.72. The SMILES string of the molecule is COCOc1c(N=Nc2ccc(OC)cc2)cc(OC)cc1C(C)(C)C. The van der Waals surface area contributed by atoms with Crippen LogP contribution < -0.4 is 14.2 Å². The first-order chi connectivity index (χ1) is 12.4. The molecule has 6 nitrogen and oxygen atoms in total. The largest absolute Gasteiger partial charge is 0.497 e. The van der Waals surface area contributed by atoms with Crippen LogP contribution in [0.2, 0.25) is 0 Å². The molecule has 0 aliphatic carbocycles. The highest BCUT2D eigenvalue weighted by Crippen LogP contribution is 2.42. The van der Waals surface area contributed by atoms with Crippen molar-refractivity contribution in [1.82, 2.24) is 0 Å². The quantitative estimate of drug-likeness (QED) is 0.491. The van der Waals surface area contributed by atoms with E-state index in [4.69, 9.17) is 18.9 Å². The number of benzene rings is 2. The Hall–Kier alpha value is -2.60. The molecule has 0 unspecified atom stereocenters. The van der Waals surface area contributed by atoms with Crippen molar-refractivity contribution < 1.29 is 18.9 Å². The Morgan fingerprint density at radius 3 is 2.04 bits per heavy atom. The number of rotatable bonds is 7. The number of methoxy groups -OCH3 is 3. The molecule has 2 aromatic rings. The van der Waals surface area contributed by atoms with E-state index in [2.05, 4.69) is 31.0 Å². The predicted octanol–water partition coefficient (Wildman–Crippen LogP) is 5.40. The summed E-state index contributed by atoms with van der Waals surface area (Å²) in [7, 11) is 4.83. The molecule has 0 radical (unpaired) electrons. The molecule has 0 aliphatic rings. The Balaban J connectivity index is 2.47. The van der Waals surface area contributed by atoms with Crippen LogP contribution in [0.4, 0.5) is 11.4 Å². The Bertz CT molecular complexity index is 750. The average Bonchev–Trinajstić information content (AvgIpc) is 2.64. The van der Waals surface area contributed by atoms with Crippen LogP contribution >= 0.6 is 0 Å². The summed E-state index contributed by atoms with van der Waals surface area (Å²) in [6.45, 7) is 6.43. The zero-order valence-corrected chi connectivity index (χ0v) is 16.2. The van der Waals surface area contributed by atoms with Gasteiger partial charge < -0.3 is 18.9 Å². The molecule has 0 saturated carbocycles. The average molecular weight is 358 g/mol. The molecule has 0 bridgehead atoms. The minimum absolute atomic E-state index is 0.125. The standard InChI is InChI=1S/C20H26N2O4/c1-20(2,3)17-11-16(25-6)12-18(19(17)26-13-23-4)22-21-14-7-9-15(24-5)10-8-14/h7-12H,13H2,1-6H3. The first-order valence-corrected chi connectivity index (χ1v) is 8.29. The van der Waals surface area contributed by atoms with Crippen molar-refractivity contribution >= 4 is 11.4 Å². The van der Waals surface area contributed by atoms with Gasteiger partial charge in [-0.05, 0) is 35.7 Å². The topological polar surface area (TPSA) is 61.6 Å². The summed E-state index contributed by atoms with van der Waals surface area (Å²) in [4.78, 5) is 0. The monoisotopic (exact) mass is 358 g/mol. The summed E-state index contributed by atoms with van der Waals surface area (Å²) in [6, 6.07) is 11.1. The Kier molecular flexibility index (Phi) is 6.58. The van der Waals surface area contributed by atoms with Gasteiger partial charge in [0.1, 0.15) is 17.2 Å². The molecule has 0 atom stereocenters. The Labute approximate surface area is 154 Å². The molecule has 0 amide bonds. The van der Waals surface area contributed by atoms with E-state index in [-0.39, 0.29) is 12.2 Å². The number of ether oxygens (including phenoxy) is 4. The second-order valence-electron chi connectivity index (χ2n) is 6.72. The van der Waals surface area contributed by atoms with Crippen molar-refractivity contribution in [2.45, 2.75) is 26.2 Å². The second kappa shape index (κ2) is 8.67. The fourth-order valence-electron chi connectivity index (χ4n) is 2.37. The first kappa shape index (κ1) is 19.7. The molecule has 0 heterocycles. The zero-order chi connectivity index (χ0) is 19.2. The zero-order valence-electron chi connectivity index (χ0n) is 16.2. The maximum absolute atomic E-state index is 5.82. The lowest BCUT2D eigenvalue weighted by molar-refractivity contribution is 0.0501. The molecule has 0 N–H and O–H groups in total. The maximum atomic E-state index is 5.82. The highest BCUT2D eigenvalue weighted by Gasteiger charge is 2.23. The summed E-state index contributed by atoms with van der Waals surface area (Å²) in [5.41, 5.74) is 2.10. The lowest BCUT2D eigenvalue weighted by Gasteiger charge is -2.24. The van der Waals surface area contributed by atoms with Gasteiger partial charge in [-0.2, -0.15) is 5.11 Å². The van der Waals surface area contributed by atoms with Gasteiger partial charge in [0.2, 0.25) is 0 Å². The fourth-order valence-corrected chi connectivity index (χ4v) is 2.37. The van der Waals surface area contributed by atoms with E-state index in [0.717, 1.165) is 11.3 Å². The minimum Gasteiger partial charge on any atom is -0.497 e. The molecule has 2 aromatic carbocycles. The number of azo groups is 1. The lowest BCUT2D eigenvalue weighted by Crippen LogP contribution is -2.14. The van der Waals surface area contributed by atoms with Crippen LogP contribution in [0.1, 0.15) is 26.3 Å². The van der Waals surface area contributed by atoms with E-state index in [0.29, 0.717) is 22.9 Å². The van der Waals surface area contributed by atoms with Crippen molar-refractivity contribution in [3.8, 4) is 17.2 Å². The molecule has 140 valence electrons. The smallest absolute Gasteiger partial charge is 0.188 e. The maximum Gasteiger partial charge on any atom is 0.188 e. The molecule has 0 aliphatic heterocycles. The third-order valence-electron chi connectivity index (χ3n) is 3.75. The molecule has 0 saturated heterocycles. The molecule has 0 spiro atoms. The van der Waals surface area contributed by atoms with Crippen molar-refractivity contribution in [3.63, 3.8) is 0 Å². The van der Waals surface area contributed by atoms with Gasteiger partial charge in [0.25, 0.3) is 0 Å². The molecular formula is C20H26N2O4. The van der Waals surface area contributed by atoms with Crippen molar-refractivity contribution in [2.24, 2.45) is 10.2 Å². The van der Waals surface area contributed by atoms with Gasteiger partial charge in [0.05, 0.1) is 19.9 Å². The highest BCUT2D eigenvalue weighted by molar-refractivity contribution is 5.62. The minimum atomic E-state index is -0.165. The van der Waals surface area contributed by atoms with E-state index in [1.54, 1.807) is 27.4 Å². The fraction of sp³-hybridized carbons (Fsp3) is 0.400. The lowest BCUT2D eigenvalue weighted by atomic mass is 9.85. The first-order valence-electron chi connectivity index (χ1n) is 8.29. The molecule has 0 aromatic heterocycles. The highest BCUT2D eigenvalue weighted by atomic mass is 16.7. The van der Waals surface area contributed by atoms with Gasteiger partial charge in [0, 0.05) is 18.7 Å².